The number of hydrogen-bond donors (Lipinski definition) is 3. The van der Waals surface area contributed by atoms with Crippen LogP contribution in [0.3, 0.4) is 0 Å². The summed E-state index contributed by atoms with van der Waals surface area (Å²) in [6, 6.07) is -1.28. The van der Waals surface area contributed by atoms with Gasteiger partial charge in [0.05, 0.1) is 18.4 Å². The van der Waals surface area contributed by atoms with E-state index in [1.807, 2.05) is 16.7 Å². The number of hydrogen-bond acceptors (Lipinski definition) is 8. The van der Waals surface area contributed by atoms with Gasteiger partial charge < -0.3 is 20.4 Å². The molecule has 0 aromatic carbocycles. The Kier molecular flexibility index (Phi) is 9.18. The highest BCUT2D eigenvalue weighted by Crippen LogP contribution is 2.46. The van der Waals surface area contributed by atoms with Crippen molar-refractivity contribution in [3.8, 4) is 0 Å². The number of halogens is 2. The molecule has 1 saturated carbocycles. The van der Waals surface area contributed by atoms with Gasteiger partial charge in [-0.3, -0.25) is 15.0 Å². The Hall–Kier alpha value is -2.51. The zero-order valence-electron chi connectivity index (χ0n) is 28.3. The summed E-state index contributed by atoms with van der Waals surface area (Å²) in [7, 11) is 0. The summed E-state index contributed by atoms with van der Waals surface area (Å²) in [6.45, 7) is 14.0. The van der Waals surface area contributed by atoms with Gasteiger partial charge in [0, 0.05) is 55.5 Å². The van der Waals surface area contributed by atoms with Crippen molar-refractivity contribution in [1.82, 2.24) is 30.7 Å². The van der Waals surface area contributed by atoms with Gasteiger partial charge in [0.25, 0.3) is 0 Å². The highest BCUT2D eigenvalue weighted by molar-refractivity contribution is 5.87. The molecular weight excluding hydrogens is 604 g/mol. The van der Waals surface area contributed by atoms with Crippen LogP contribution < -0.4 is 16.0 Å². The maximum absolute atomic E-state index is 16.8. The van der Waals surface area contributed by atoms with E-state index in [1.54, 1.807) is 0 Å². The third-order valence-electron chi connectivity index (χ3n) is 12.5. The number of piperidine rings is 2. The zero-order valence-corrected chi connectivity index (χ0v) is 28.3. The second kappa shape index (κ2) is 13.1. The number of urea groups is 1. The van der Waals surface area contributed by atoms with Gasteiger partial charge in [-0.2, -0.15) is 5.11 Å². The molecule has 14 atom stereocenters. The molecule has 0 aromatic rings. The van der Waals surface area contributed by atoms with E-state index in [1.165, 1.54) is 6.08 Å². The molecule has 13 heteroatoms. The minimum Gasteiger partial charge on any atom is -0.334 e. The standard InChI is InChI=1S/C34H53F2N9O2/c1-6-27(46)43-15-19(5)44(16-18(43)4)32-22-14-24(36)30-28-20(8-7-9-23(28)35)12-25-38-26(42-41-25)13-21-10-11-37-29(17(2)3)31(21)45(33(22)39-30)34(47)40-32/h6,17-25,28-33,37,39H,1,7-16H2,2-5H3,(H,40,47). The topological polar surface area (TPSA) is 117 Å². The molecule has 0 radical (unpaired) electrons. The monoisotopic (exact) mass is 657 g/mol. The average Bonchev–Trinajstić information content (AvgIpc) is 3.48. The number of amides is 3. The Labute approximate surface area is 277 Å². The van der Waals surface area contributed by atoms with Gasteiger partial charge in [-0.15, -0.1) is 5.11 Å². The van der Waals surface area contributed by atoms with E-state index in [0.717, 1.165) is 25.8 Å². The number of carbonyl (C=O) groups excluding carboxylic acids is 2. The van der Waals surface area contributed by atoms with Crippen LogP contribution in [0.25, 0.3) is 0 Å². The lowest BCUT2D eigenvalue weighted by molar-refractivity contribution is -0.136. The Morgan fingerprint density at radius 2 is 1.85 bits per heavy atom. The Morgan fingerprint density at radius 1 is 1.04 bits per heavy atom. The fourth-order valence-electron chi connectivity index (χ4n) is 10.3. The summed E-state index contributed by atoms with van der Waals surface area (Å²) in [5.74, 6) is 0.00192. The molecule has 0 spiro atoms. The van der Waals surface area contributed by atoms with Gasteiger partial charge >= 0.3 is 6.03 Å². The summed E-state index contributed by atoms with van der Waals surface area (Å²) >= 11 is 0. The molecule has 6 aliphatic heterocycles. The molecule has 6 heterocycles. The molecular formula is C34H53F2N9O2. The van der Waals surface area contributed by atoms with E-state index in [0.29, 0.717) is 38.2 Å². The molecule has 47 heavy (non-hydrogen) atoms. The van der Waals surface area contributed by atoms with E-state index in [2.05, 4.69) is 58.4 Å². The van der Waals surface area contributed by atoms with Gasteiger partial charge in [0.1, 0.15) is 18.2 Å². The predicted molar refractivity (Wildman–Crippen MR) is 175 cm³/mol. The Bertz CT molecular complexity index is 1280. The van der Waals surface area contributed by atoms with E-state index >= 15 is 8.78 Å². The molecule has 5 fully saturated rings. The second-order valence-electron chi connectivity index (χ2n) is 15.7. The summed E-state index contributed by atoms with van der Waals surface area (Å²) < 4.78 is 32.9. The van der Waals surface area contributed by atoms with Crippen LogP contribution in [0, 0.1) is 29.6 Å². The van der Waals surface area contributed by atoms with Crippen molar-refractivity contribution in [3.05, 3.63) is 12.7 Å². The van der Waals surface area contributed by atoms with Gasteiger partial charge in [-0.1, -0.05) is 26.8 Å². The van der Waals surface area contributed by atoms with Gasteiger partial charge in [-0.05, 0) is 76.3 Å². The first-order valence-corrected chi connectivity index (χ1v) is 18.1. The van der Waals surface area contributed by atoms with Crippen molar-refractivity contribution in [2.45, 2.75) is 134 Å². The highest BCUT2D eigenvalue weighted by atomic mass is 19.1. The van der Waals surface area contributed by atoms with E-state index < -0.39 is 36.6 Å². The van der Waals surface area contributed by atoms with Crippen LogP contribution >= 0.6 is 0 Å². The van der Waals surface area contributed by atoms with Crippen molar-refractivity contribution >= 4 is 17.8 Å². The first-order chi connectivity index (χ1) is 22.5. The van der Waals surface area contributed by atoms with Crippen LogP contribution in [0.15, 0.2) is 27.9 Å². The number of piperazine rings is 1. The second-order valence-corrected chi connectivity index (χ2v) is 15.7. The van der Waals surface area contributed by atoms with E-state index in [4.69, 9.17) is 4.99 Å². The summed E-state index contributed by atoms with van der Waals surface area (Å²) in [5.41, 5.74) is 0. The molecule has 11 nitrogen and oxygen atoms in total. The third kappa shape index (κ3) is 5.92. The first kappa shape index (κ1) is 33.0. The minimum atomic E-state index is -1.29. The quantitative estimate of drug-likeness (QED) is 0.399. The number of amidine groups is 1. The largest absolute Gasteiger partial charge is 0.334 e. The lowest BCUT2D eigenvalue weighted by Gasteiger charge is -2.60. The lowest BCUT2D eigenvalue weighted by atomic mass is 9.68. The molecule has 3 amide bonds. The number of carbonyl (C=O) groups is 2. The minimum absolute atomic E-state index is 0.00340. The number of fused-ring (bicyclic) bond motifs is 6. The van der Waals surface area contributed by atoms with Crippen molar-refractivity contribution in [2.75, 3.05) is 19.6 Å². The fourth-order valence-corrected chi connectivity index (χ4v) is 10.3. The van der Waals surface area contributed by atoms with E-state index in [-0.39, 0.29) is 72.4 Å². The molecule has 3 N–H and O–H groups in total. The molecule has 1 aliphatic carbocycles. The van der Waals surface area contributed by atoms with Crippen LogP contribution in [0.1, 0.15) is 72.6 Å². The third-order valence-corrected chi connectivity index (χ3v) is 12.5. The maximum atomic E-state index is 16.8. The molecule has 7 aliphatic rings. The molecule has 0 aromatic heterocycles. The fraction of sp³-hybridized carbons (Fsp3) is 0.853. The average molecular weight is 658 g/mol. The van der Waals surface area contributed by atoms with Crippen molar-refractivity contribution in [1.29, 1.82) is 0 Å². The zero-order chi connectivity index (χ0) is 33.1. The lowest BCUT2D eigenvalue weighted by Crippen LogP contribution is -2.80. The van der Waals surface area contributed by atoms with Crippen molar-refractivity contribution < 1.29 is 18.4 Å². The van der Waals surface area contributed by atoms with Crippen LogP contribution in [0.2, 0.25) is 0 Å². The van der Waals surface area contributed by atoms with Crippen molar-refractivity contribution in [2.24, 2.45) is 44.8 Å². The molecule has 7 rings (SSSR count). The van der Waals surface area contributed by atoms with Crippen LogP contribution in [0.5, 0.6) is 0 Å². The normalized spacial score (nSPS) is 45.5. The number of rotatable bonds is 3. The summed E-state index contributed by atoms with van der Waals surface area (Å²) in [6.07, 6.45) is 1.88. The number of azo groups is 1. The Balaban J connectivity index is 1.30. The van der Waals surface area contributed by atoms with Gasteiger partial charge in [0.15, 0.2) is 6.17 Å². The van der Waals surface area contributed by atoms with Crippen LogP contribution in [-0.4, -0.2) is 113 Å². The van der Waals surface area contributed by atoms with E-state index in [9.17, 15) is 9.59 Å². The van der Waals surface area contributed by atoms with Gasteiger partial charge in [-0.25, -0.2) is 18.6 Å². The SMILES string of the molecule is C=CC(=O)N1CC(C)N(C2NC(=O)N3C4NC(C(F)CC24)C2C(F)CCCC2CC2N=NC(=N2)CC2CCNC(C(C)C)C23)CC1C. The first-order valence-electron chi connectivity index (χ1n) is 18.1. The predicted octanol–water partition coefficient (Wildman–Crippen LogP) is 3.83. The van der Waals surface area contributed by atoms with Gasteiger partial charge in [0.2, 0.25) is 5.91 Å². The Morgan fingerprint density at radius 3 is 2.62 bits per heavy atom. The van der Waals surface area contributed by atoms with Crippen LogP contribution in [-0.2, 0) is 4.79 Å². The summed E-state index contributed by atoms with van der Waals surface area (Å²) in [5, 5.41) is 19.8. The molecule has 260 valence electrons. The maximum Gasteiger partial charge on any atom is 0.320 e. The molecule has 4 saturated heterocycles. The smallest absolute Gasteiger partial charge is 0.320 e. The number of aliphatic imine (C=N–C) groups is 1. The van der Waals surface area contributed by atoms with Crippen LogP contribution in [0.4, 0.5) is 13.6 Å². The highest BCUT2D eigenvalue weighted by Gasteiger charge is 2.58. The number of alkyl halides is 2. The molecule has 4 bridgehead atoms. The number of nitrogens with zero attached hydrogens (tertiary/aromatic N) is 6. The molecule has 14 unspecified atom stereocenters. The van der Waals surface area contributed by atoms with Crippen molar-refractivity contribution in [3.63, 3.8) is 0 Å². The number of nitrogens with one attached hydrogen (secondary N) is 3. The summed E-state index contributed by atoms with van der Waals surface area (Å²) in [4.78, 5) is 38.2.